The predicted molar refractivity (Wildman–Crippen MR) is 93.2 cm³/mol. The Balaban J connectivity index is 1.66. The van der Waals surface area contributed by atoms with Crippen molar-refractivity contribution in [3.63, 3.8) is 0 Å². The molecule has 0 amide bonds. The first-order chi connectivity index (χ1) is 11.8. The third-order valence-electron chi connectivity index (χ3n) is 4.10. The molecule has 1 N–H and O–H groups in total. The van der Waals surface area contributed by atoms with Crippen molar-refractivity contribution >= 4 is 11.8 Å². The monoisotopic (exact) mass is 328 g/mol. The lowest BCUT2D eigenvalue weighted by Crippen LogP contribution is -2.36. The molecule has 0 aromatic carbocycles. The van der Waals surface area contributed by atoms with Crippen molar-refractivity contribution in [2.75, 3.05) is 36.5 Å². The molecule has 0 aliphatic carbocycles. The molecule has 1 saturated heterocycles. The highest BCUT2D eigenvalue weighted by Crippen LogP contribution is 2.15. The van der Waals surface area contributed by atoms with Crippen molar-refractivity contribution in [1.82, 2.24) is 20.2 Å². The Morgan fingerprint density at radius 2 is 1.92 bits per heavy atom. The second-order valence-electron chi connectivity index (χ2n) is 5.71. The highest BCUT2D eigenvalue weighted by Gasteiger charge is 2.12. The Kier molecular flexibility index (Phi) is 5.53. The van der Waals surface area contributed by atoms with E-state index in [1.54, 1.807) is 0 Å². The summed E-state index contributed by atoms with van der Waals surface area (Å²) < 4.78 is 5.39. The fourth-order valence-corrected chi connectivity index (χ4v) is 2.73. The number of hydrogen-bond acceptors (Lipinski definition) is 7. The molecule has 128 valence electrons. The molecule has 1 aliphatic rings. The summed E-state index contributed by atoms with van der Waals surface area (Å²) in [5, 5.41) is 11.7. The predicted octanol–water partition coefficient (Wildman–Crippen LogP) is 1.84. The van der Waals surface area contributed by atoms with Crippen LogP contribution in [0.15, 0.2) is 18.3 Å². The highest BCUT2D eigenvalue weighted by molar-refractivity contribution is 5.42. The van der Waals surface area contributed by atoms with Crippen molar-refractivity contribution in [1.29, 1.82) is 0 Å². The third-order valence-corrected chi connectivity index (χ3v) is 4.10. The third kappa shape index (κ3) is 3.97. The van der Waals surface area contributed by atoms with Gasteiger partial charge in [0.05, 0.1) is 24.6 Å². The molecule has 7 heteroatoms. The Labute approximate surface area is 142 Å². The van der Waals surface area contributed by atoms with E-state index in [-0.39, 0.29) is 0 Å². The normalized spacial score (nSPS) is 14.7. The average Bonchev–Trinajstić information content (AvgIpc) is 2.67. The van der Waals surface area contributed by atoms with Crippen LogP contribution in [0.25, 0.3) is 0 Å². The van der Waals surface area contributed by atoms with E-state index in [1.807, 2.05) is 12.3 Å². The van der Waals surface area contributed by atoms with E-state index in [4.69, 9.17) is 4.74 Å². The second-order valence-corrected chi connectivity index (χ2v) is 5.71. The zero-order chi connectivity index (χ0) is 16.8. The average molecular weight is 328 g/mol. The minimum absolute atomic E-state index is 0.578. The van der Waals surface area contributed by atoms with Crippen LogP contribution in [-0.2, 0) is 24.1 Å². The molecule has 0 unspecified atom stereocenters. The van der Waals surface area contributed by atoms with E-state index in [0.717, 1.165) is 61.9 Å². The quantitative estimate of drug-likeness (QED) is 0.867. The van der Waals surface area contributed by atoms with Crippen LogP contribution in [0, 0.1) is 0 Å². The van der Waals surface area contributed by atoms with E-state index in [2.05, 4.69) is 50.3 Å². The van der Waals surface area contributed by atoms with E-state index in [9.17, 15) is 0 Å². The highest BCUT2D eigenvalue weighted by atomic mass is 16.5. The molecule has 3 rings (SSSR count). The number of ether oxygens (including phenoxy) is 1. The van der Waals surface area contributed by atoms with E-state index in [0.29, 0.717) is 12.5 Å². The van der Waals surface area contributed by atoms with E-state index in [1.165, 1.54) is 0 Å². The van der Waals surface area contributed by atoms with Crippen LogP contribution >= 0.6 is 0 Å². The number of aryl methyl sites for hydroxylation is 2. The smallest absolute Gasteiger partial charge is 0.243 e. The summed E-state index contributed by atoms with van der Waals surface area (Å²) in [5.74, 6) is 1.57. The van der Waals surface area contributed by atoms with Crippen LogP contribution in [0.4, 0.5) is 11.8 Å². The van der Waals surface area contributed by atoms with Crippen molar-refractivity contribution in [3.8, 4) is 0 Å². The Morgan fingerprint density at radius 1 is 1.12 bits per heavy atom. The molecule has 2 aromatic rings. The zero-order valence-corrected chi connectivity index (χ0v) is 14.3. The van der Waals surface area contributed by atoms with Crippen molar-refractivity contribution in [2.45, 2.75) is 33.2 Å². The minimum atomic E-state index is 0.578. The maximum absolute atomic E-state index is 5.39. The summed E-state index contributed by atoms with van der Waals surface area (Å²) in [5.41, 5.74) is 3.13. The van der Waals surface area contributed by atoms with Gasteiger partial charge in [-0.3, -0.25) is 0 Å². The maximum Gasteiger partial charge on any atom is 0.243 e. The molecule has 0 radical (unpaired) electrons. The lowest BCUT2D eigenvalue weighted by Gasteiger charge is -2.28. The van der Waals surface area contributed by atoms with Gasteiger partial charge in [-0.1, -0.05) is 13.8 Å². The number of nitrogens with one attached hydrogen (secondary N) is 1. The lowest BCUT2D eigenvalue weighted by molar-refractivity contribution is 0.122. The summed E-state index contributed by atoms with van der Waals surface area (Å²) in [6.07, 6.45) is 3.57. The zero-order valence-electron chi connectivity index (χ0n) is 14.3. The second kappa shape index (κ2) is 8.01. The van der Waals surface area contributed by atoms with E-state index >= 15 is 0 Å². The summed E-state index contributed by atoms with van der Waals surface area (Å²) in [6.45, 7) is 8.09. The molecular formula is C17H24N6O. The number of aromatic nitrogens is 4. The van der Waals surface area contributed by atoms with Gasteiger partial charge in [-0.2, -0.15) is 5.10 Å². The van der Waals surface area contributed by atoms with Crippen LogP contribution in [0.2, 0.25) is 0 Å². The number of hydrogen-bond donors (Lipinski definition) is 1. The van der Waals surface area contributed by atoms with Crippen LogP contribution in [-0.4, -0.2) is 46.5 Å². The first kappa shape index (κ1) is 16.6. The van der Waals surface area contributed by atoms with Gasteiger partial charge in [-0.05, 0) is 30.5 Å². The van der Waals surface area contributed by atoms with Crippen LogP contribution in [0.5, 0.6) is 0 Å². The lowest BCUT2D eigenvalue weighted by atomic mass is 10.2. The van der Waals surface area contributed by atoms with Gasteiger partial charge < -0.3 is 15.0 Å². The SMILES string of the molecule is CCc1nnc(NCc2ccnc(N3CCOCC3)c2)nc1CC. The standard InChI is InChI=1S/C17H24N6O/c1-3-14-15(4-2)21-22-17(20-14)19-12-13-5-6-18-16(11-13)23-7-9-24-10-8-23/h5-6,11H,3-4,7-10,12H2,1-2H3,(H,19,20,22). The number of pyridine rings is 1. The first-order valence-electron chi connectivity index (χ1n) is 8.54. The summed E-state index contributed by atoms with van der Waals surface area (Å²) >= 11 is 0. The van der Waals surface area contributed by atoms with Crippen LogP contribution in [0.3, 0.4) is 0 Å². The van der Waals surface area contributed by atoms with Crippen molar-refractivity contribution in [2.24, 2.45) is 0 Å². The van der Waals surface area contributed by atoms with Gasteiger partial charge in [0.1, 0.15) is 5.82 Å². The topological polar surface area (TPSA) is 76.1 Å². The molecule has 0 bridgehead atoms. The van der Waals surface area contributed by atoms with Gasteiger partial charge in [0.25, 0.3) is 0 Å². The Bertz CT molecular complexity index is 672. The molecule has 0 atom stereocenters. The van der Waals surface area contributed by atoms with Crippen molar-refractivity contribution in [3.05, 3.63) is 35.3 Å². The molecule has 7 nitrogen and oxygen atoms in total. The Hall–Kier alpha value is -2.28. The molecule has 24 heavy (non-hydrogen) atoms. The van der Waals surface area contributed by atoms with Gasteiger partial charge in [0.15, 0.2) is 0 Å². The first-order valence-corrected chi connectivity index (χ1v) is 8.54. The number of rotatable bonds is 6. The molecule has 0 spiro atoms. The van der Waals surface area contributed by atoms with Crippen LogP contribution in [0.1, 0.15) is 30.8 Å². The summed E-state index contributed by atoms with van der Waals surface area (Å²) in [6, 6.07) is 4.11. The van der Waals surface area contributed by atoms with Gasteiger partial charge in [0, 0.05) is 25.8 Å². The number of anilines is 2. The largest absolute Gasteiger partial charge is 0.378 e. The van der Waals surface area contributed by atoms with E-state index < -0.39 is 0 Å². The van der Waals surface area contributed by atoms with Crippen LogP contribution < -0.4 is 10.2 Å². The summed E-state index contributed by atoms with van der Waals surface area (Å²) in [4.78, 5) is 11.3. The van der Waals surface area contributed by atoms with Crippen molar-refractivity contribution < 1.29 is 4.74 Å². The number of morpholine rings is 1. The van der Waals surface area contributed by atoms with Gasteiger partial charge in [-0.25, -0.2) is 9.97 Å². The molecule has 1 aliphatic heterocycles. The van der Waals surface area contributed by atoms with Gasteiger partial charge >= 0.3 is 0 Å². The van der Waals surface area contributed by atoms with Gasteiger partial charge in [0.2, 0.25) is 5.95 Å². The Morgan fingerprint density at radius 3 is 2.67 bits per heavy atom. The molecule has 3 heterocycles. The van der Waals surface area contributed by atoms with Gasteiger partial charge in [-0.15, -0.1) is 5.10 Å². The maximum atomic E-state index is 5.39. The molecule has 1 fully saturated rings. The molecular weight excluding hydrogens is 304 g/mol. The fourth-order valence-electron chi connectivity index (χ4n) is 2.73. The molecule has 2 aromatic heterocycles. The fraction of sp³-hybridized carbons (Fsp3) is 0.529. The molecule has 0 saturated carbocycles. The number of nitrogens with zero attached hydrogens (tertiary/aromatic N) is 5. The minimum Gasteiger partial charge on any atom is -0.378 e. The summed E-state index contributed by atoms with van der Waals surface area (Å²) in [7, 11) is 0.